The van der Waals surface area contributed by atoms with Gasteiger partial charge in [-0.25, -0.2) is 34.9 Å². The molecule has 8 heteroatoms. The first-order valence-corrected chi connectivity index (χ1v) is 46.0. The first-order valence-electron chi connectivity index (χ1n) is 46.0. The van der Waals surface area contributed by atoms with Crippen molar-refractivity contribution in [2.24, 2.45) is 0 Å². The molecule has 0 saturated carbocycles. The molecule has 0 N–H and O–H groups in total. The second-order valence-electron chi connectivity index (χ2n) is 35.8. The zero-order valence-corrected chi connectivity index (χ0v) is 75.0. The average Bonchev–Trinajstić information content (AvgIpc) is 1.55. The Balaban J connectivity index is 0.000000115. The molecule has 25 rings (SSSR count). The maximum atomic E-state index is 6.66. The molecule has 0 spiro atoms. The summed E-state index contributed by atoms with van der Waals surface area (Å²) in [6, 6.07) is 164. The number of nitrogens with zero attached hydrogens (tertiary/aromatic N) is 7. The summed E-state index contributed by atoms with van der Waals surface area (Å²) in [5.41, 5.74) is 36.2. The van der Waals surface area contributed by atoms with E-state index in [0.717, 1.165) is 116 Å². The number of benzene rings is 19. The highest BCUT2D eigenvalue weighted by molar-refractivity contribution is 6.13. The van der Waals surface area contributed by atoms with Crippen molar-refractivity contribution < 1.29 is 4.42 Å². The van der Waals surface area contributed by atoms with Gasteiger partial charge in [0, 0.05) is 71.7 Å². The number of aromatic nitrogens is 7. The number of hydrogen-bond donors (Lipinski definition) is 0. The van der Waals surface area contributed by atoms with Crippen molar-refractivity contribution in [2.75, 3.05) is 0 Å². The summed E-state index contributed by atoms with van der Waals surface area (Å²) < 4.78 is 6.66. The van der Waals surface area contributed by atoms with Gasteiger partial charge >= 0.3 is 0 Å². The smallest absolute Gasteiger partial charge is 0.164 e. The molecule has 0 fully saturated rings. The zero-order chi connectivity index (χ0) is 90.5. The van der Waals surface area contributed by atoms with Crippen LogP contribution in [0.4, 0.5) is 0 Å². The lowest BCUT2D eigenvalue weighted by molar-refractivity contribution is 0.653. The van der Waals surface area contributed by atoms with E-state index < -0.39 is 0 Å². The fourth-order valence-corrected chi connectivity index (χ4v) is 19.6. The Bertz CT molecular complexity index is 8370. The molecule has 2 aliphatic carbocycles. The van der Waals surface area contributed by atoms with E-state index >= 15 is 0 Å². The minimum absolute atomic E-state index is 0.0648. The first-order chi connectivity index (χ1) is 66.4. The topological polar surface area (TPSA) is 103 Å². The van der Waals surface area contributed by atoms with Crippen LogP contribution >= 0.6 is 0 Å². The van der Waals surface area contributed by atoms with Gasteiger partial charge in [-0.1, -0.05) is 440 Å². The maximum Gasteiger partial charge on any atom is 0.164 e. The van der Waals surface area contributed by atoms with Crippen molar-refractivity contribution in [3.05, 3.63) is 489 Å². The molecule has 0 aliphatic heterocycles. The van der Waals surface area contributed by atoms with Crippen molar-refractivity contribution in [2.45, 2.75) is 38.5 Å². The molecule has 0 amide bonds. The first kappa shape index (κ1) is 82.1. The van der Waals surface area contributed by atoms with Crippen molar-refractivity contribution in [3.63, 3.8) is 0 Å². The lowest BCUT2D eigenvalue weighted by Crippen LogP contribution is -2.15. The third kappa shape index (κ3) is 15.9. The second kappa shape index (κ2) is 34.8. The SMILES string of the molecule is CC1(C)c2cc(-c3ccccc3)ccc2-c2ccc(-c3nc(-c4ccccc4)nc(-c4ccccc4)n3)cc21.CC1(C)c2ccccc2-c2c1ccc1c2oc2ccc(-c3cccc(-c4cc(-c5ccccc5)cc(-c5ccc6ccccc6c5)n4)c3)cc21.c1ccc(-c2ccc(-c3cccc(-c4ccc(-c5nc(-c6ccccc6)nc(-c6cccc7ccccc67)n5)cc4)c3)cc2)cc1. The number of furan rings is 1. The van der Waals surface area contributed by atoms with Crippen LogP contribution in [0.2, 0.25) is 0 Å². The quantitative estimate of drug-likeness (QED) is 0.106. The van der Waals surface area contributed by atoms with Gasteiger partial charge in [-0.15, -0.1) is 0 Å². The molecule has 135 heavy (non-hydrogen) atoms. The Kier molecular flexibility index (Phi) is 21.2. The highest BCUT2D eigenvalue weighted by Crippen LogP contribution is 2.54. The molecule has 19 aromatic carbocycles. The van der Waals surface area contributed by atoms with Crippen LogP contribution < -0.4 is 0 Å². The van der Waals surface area contributed by atoms with E-state index in [-0.39, 0.29) is 10.8 Å². The van der Waals surface area contributed by atoms with Gasteiger partial charge in [0.05, 0.1) is 11.4 Å². The molecule has 638 valence electrons. The average molecular weight is 1730 g/mol. The van der Waals surface area contributed by atoms with Crippen molar-refractivity contribution in [1.82, 2.24) is 34.9 Å². The molecule has 4 heterocycles. The number of fused-ring (bicyclic) bond motifs is 12. The van der Waals surface area contributed by atoms with Gasteiger partial charge in [0.15, 0.2) is 34.9 Å². The molecule has 8 nitrogen and oxygen atoms in total. The maximum absolute atomic E-state index is 6.66. The summed E-state index contributed by atoms with van der Waals surface area (Å²) in [4.78, 5) is 34.9. The Hall–Kier alpha value is -17.3. The summed E-state index contributed by atoms with van der Waals surface area (Å²) in [5, 5.41) is 6.99. The summed E-state index contributed by atoms with van der Waals surface area (Å²) in [6.07, 6.45) is 0. The van der Waals surface area contributed by atoms with Crippen LogP contribution in [0.25, 0.3) is 223 Å². The van der Waals surface area contributed by atoms with Crippen LogP contribution in [0.15, 0.2) is 472 Å². The van der Waals surface area contributed by atoms with Gasteiger partial charge in [0.1, 0.15) is 11.2 Å². The Morgan fingerprint density at radius 2 is 0.519 bits per heavy atom. The van der Waals surface area contributed by atoms with E-state index in [1.165, 1.54) is 94.2 Å². The Labute approximate surface area is 785 Å². The standard InChI is InChI=1S/C48H33NO.C43H29N3.C36H27N3/c1-48(2)41-18-9-8-17-39(41)46-42(48)23-22-38-40-27-34(21-24-45(40)50-47(38)46)33-15-10-16-35(26-33)43-28-37(30-11-4-3-5-12-30)29-44(49-43)36-20-19-31-13-6-7-14-32(31)25-36;1-3-11-30(12-4-1)31-21-23-32(24-22-31)37-17-9-18-38(29-37)33-25-27-36(28-26-33)42-44-41(35-14-5-2-6-15-35)45-43(46-42)40-20-10-16-34-13-7-8-19-39(34)40;1-36(2)31-22-27(24-12-6-3-7-13-24)18-20-29(31)30-21-19-28(23-32(30)36)35-38-33(25-14-8-4-9-15-25)37-34(39-35)26-16-10-5-11-17-26/h3-29H,1-2H3;1-29H;3-23H,1-2H3. The summed E-state index contributed by atoms with van der Waals surface area (Å²) in [6.45, 7) is 9.25. The Morgan fingerprint density at radius 1 is 0.170 bits per heavy atom. The van der Waals surface area contributed by atoms with E-state index in [4.69, 9.17) is 39.3 Å². The normalized spacial score (nSPS) is 12.4. The van der Waals surface area contributed by atoms with E-state index in [9.17, 15) is 0 Å². The third-order valence-electron chi connectivity index (χ3n) is 26.8. The van der Waals surface area contributed by atoms with Crippen LogP contribution in [-0.4, -0.2) is 34.9 Å². The molecule has 4 aromatic heterocycles. The molecular formula is C127H89N7O. The lowest BCUT2D eigenvalue weighted by atomic mass is 9.81. The number of pyridine rings is 1. The highest BCUT2D eigenvalue weighted by atomic mass is 16.3. The van der Waals surface area contributed by atoms with Crippen molar-refractivity contribution >= 4 is 43.5 Å². The van der Waals surface area contributed by atoms with Crippen LogP contribution in [0.1, 0.15) is 49.9 Å². The minimum Gasteiger partial charge on any atom is -0.455 e. The number of rotatable bonds is 14. The molecular weight excluding hydrogens is 1640 g/mol. The van der Waals surface area contributed by atoms with E-state index in [1.807, 2.05) is 97.1 Å². The monoisotopic (exact) mass is 1730 g/mol. The van der Waals surface area contributed by atoms with Crippen LogP contribution in [0.3, 0.4) is 0 Å². The van der Waals surface area contributed by atoms with E-state index in [1.54, 1.807) is 0 Å². The van der Waals surface area contributed by atoms with Gasteiger partial charge in [-0.3, -0.25) is 0 Å². The fraction of sp³-hybridized carbons (Fsp3) is 0.0472. The van der Waals surface area contributed by atoms with Crippen LogP contribution in [0, 0.1) is 0 Å². The predicted octanol–water partition coefficient (Wildman–Crippen LogP) is 33.0. The zero-order valence-electron chi connectivity index (χ0n) is 75.0. The van der Waals surface area contributed by atoms with Gasteiger partial charge in [0.2, 0.25) is 0 Å². The minimum atomic E-state index is -0.150. The predicted molar refractivity (Wildman–Crippen MR) is 557 cm³/mol. The Morgan fingerprint density at radius 3 is 1.10 bits per heavy atom. The third-order valence-corrected chi connectivity index (χ3v) is 26.8. The summed E-state index contributed by atoms with van der Waals surface area (Å²) >= 11 is 0. The van der Waals surface area contributed by atoms with Gasteiger partial charge in [-0.2, -0.15) is 0 Å². The molecule has 0 atom stereocenters. The molecule has 0 saturated heterocycles. The van der Waals surface area contributed by atoms with Crippen LogP contribution in [-0.2, 0) is 10.8 Å². The highest BCUT2D eigenvalue weighted by Gasteiger charge is 2.39. The number of hydrogen-bond acceptors (Lipinski definition) is 8. The van der Waals surface area contributed by atoms with Crippen LogP contribution in [0.5, 0.6) is 0 Å². The largest absolute Gasteiger partial charge is 0.455 e. The van der Waals surface area contributed by atoms with Gasteiger partial charge in [0.25, 0.3) is 0 Å². The summed E-state index contributed by atoms with van der Waals surface area (Å²) in [7, 11) is 0. The van der Waals surface area contributed by atoms with Gasteiger partial charge in [-0.05, 0) is 182 Å². The summed E-state index contributed by atoms with van der Waals surface area (Å²) in [5.74, 6) is 4.00. The van der Waals surface area contributed by atoms with Crippen molar-refractivity contribution in [1.29, 1.82) is 0 Å². The van der Waals surface area contributed by atoms with E-state index in [0.29, 0.717) is 34.9 Å². The molecule has 23 aromatic rings. The lowest BCUT2D eigenvalue weighted by Gasteiger charge is -2.22. The molecule has 0 radical (unpaired) electrons. The molecule has 0 unspecified atom stereocenters. The van der Waals surface area contributed by atoms with Gasteiger partial charge < -0.3 is 4.42 Å². The van der Waals surface area contributed by atoms with Crippen molar-refractivity contribution in [3.8, 4) is 180 Å². The second-order valence-corrected chi connectivity index (χ2v) is 35.8. The molecule has 0 bridgehead atoms. The fourth-order valence-electron chi connectivity index (χ4n) is 19.6. The molecule has 2 aliphatic rings. The van der Waals surface area contributed by atoms with E-state index in [2.05, 4.69) is 398 Å².